The van der Waals surface area contributed by atoms with Crippen molar-refractivity contribution in [2.45, 2.75) is 6.92 Å². The topological polar surface area (TPSA) is 38.4 Å². The van der Waals surface area contributed by atoms with Crippen LogP contribution >= 0.6 is 11.6 Å². The van der Waals surface area contributed by atoms with Crippen LogP contribution in [-0.2, 0) is 0 Å². The van der Waals surface area contributed by atoms with Crippen molar-refractivity contribution in [2.75, 3.05) is 0 Å². The molecule has 0 aliphatic heterocycles. The fourth-order valence-electron chi connectivity index (χ4n) is 1.36. The standard InChI is InChI=1S/C13H11ClN2O/c1-10-6-8-11(9-7-10)16(17)15-13-5-3-2-4-12(13)14/h2-9H,1H3. The van der Waals surface area contributed by atoms with Crippen molar-refractivity contribution in [3.63, 3.8) is 0 Å². The highest BCUT2D eigenvalue weighted by Gasteiger charge is 2.05. The molecular formula is C13H11ClN2O. The van der Waals surface area contributed by atoms with Crippen LogP contribution in [-0.4, -0.2) is 4.86 Å². The van der Waals surface area contributed by atoms with E-state index in [1.807, 2.05) is 19.1 Å². The molecule has 4 heteroatoms. The minimum Gasteiger partial charge on any atom is -0.594 e. The van der Waals surface area contributed by atoms with Crippen LogP contribution in [0.25, 0.3) is 0 Å². The molecule has 0 amide bonds. The fourth-order valence-corrected chi connectivity index (χ4v) is 1.53. The first-order valence-corrected chi connectivity index (χ1v) is 5.55. The quantitative estimate of drug-likeness (QED) is 0.434. The number of hydrogen-bond acceptors (Lipinski definition) is 2. The van der Waals surface area contributed by atoms with E-state index in [0.29, 0.717) is 21.3 Å². The highest BCUT2D eigenvalue weighted by atomic mass is 35.5. The van der Waals surface area contributed by atoms with Crippen molar-refractivity contribution in [1.29, 1.82) is 0 Å². The predicted octanol–water partition coefficient (Wildman–Crippen LogP) is 4.57. The SMILES string of the molecule is Cc1ccc([N+]([O-])=Nc2ccccc2Cl)cc1. The Balaban J connectivity index is 2.34. The van der Waals surface area contributed by atoms with Crippen LogP contribution in [0.1, 0.15) is 5.56 Å². The summed E-state index contributed by atoms with van der Waals surface area (Å²) in [6.45, 7) is 1.96. The molecule has 86 valence electrons. The molecule has 2 rings (SSSR count). The summed E-state index contributed by atoms with van der Waals surface area (Å²) >= 11 is 5.92. The van der Waals surface area contributed by atoms with Gasteiger partial charge in [-0.2, -0.15) is 0 Å². The second kappa shape index (κ2) is 4.97. The Morgan fingerprint density at radius 1 is 1.06 bits per heavy atom. The molecule has 0 heterocycles. The molecule has 0 spiro atoms. The van der Waals surface area contributed by atoms with E-state index >= 15 is 0 Å². The predicted molar refractivity (Wildman–Crippen MR) is 68.0 cm³/mol. The van der Waals surface area contributed by atoms with Gasteiger partial charge >= 0.3 is 0 Å². The summed E-state index contributed by atoms with van der Waals surface area (Å²) in [6, 6.07) is 14.1. The summed E-state index contributed by atoms with van der Waals surface area (Å²) in [7, 11) is 0. The van der Waals surface area contributed by atoms with Gasteiger partial charge in [0.05, 0.1) is 5.02 Å². The van der Waals surface area contributed by atoms with Crippen LogP contribution in [0.3, 0.4) is 0 Å². The Kier molecular flexibility index (Phi) is 3.40. The summed E-state index contributed by atoms with van der Waals surface area (Å²) in [5.74, 6) is 0. The normalized spacial score (nSPS) is 11.5. The van der Waals surface area contributed by atoms with E-state index in [0.717, 1.165) is 5.56 Å². The third kappa shape index (κ3) is 2.82. The lowest BCUT2D eigenvalue weighted by atomic mass is 10.2. The van der Waals surface area contributed by atoms with Gasteiger partial charge in [0.25, 0.3) is 0 Å². The molecule has 0 saturated heterocycles. The van der Waals surface area contributed by atoms with Crippen LogP contribution in [0, 0.1) is 12.1 Å². The zero-order valence-corrected chi connectivity index (χ0v) is 10.1. The second-order valence-electron chi connectivity index (χ2n) is 3.66. The van der Waals surface area contributed by atoms with Crippen LogP contribution in [0.2, 0.25) is 5.02 Å². The zero-order valence-electron chi connectivity index (χ0n) is 9.30. The van der Waals surface area contributed by atoms with E-state index < -0.39 is 0 Å². The van der Waals surface area contributed by atoms with Crippen LogP contribution in [0.4, 0.5) is 11.4 Å². The lowest BCUT2D eigenvalue weighted by molar-refractivity contribution is -0.435. The van der Waals surface area contributed by atoms with E-state index in [1.165, 1.54) is 0 Å². The van der Waals surface area contributed by atoms with Crippen LogP contribution in [0.15, 0.2) is 53.6 Å². The first kappa shape index (κ1) is 11.6. The van der Waals surface area contributed by atoms with E-state index in [9.17, 15) is 5.21 Å². The van der Waals surface area contributed by atoms with Gasteiger partial charge in [0.2, 0.25) is 5.69 Å². The van der Waals surface area contributed by atoms with Gasteiger partial charge in [-0.05, 0) is 19.1 Å². The maximum atomic E-state index is 11.8. The van der Waals surface area contributed by atoms with Gasteiger partial charge in [0.15, 0.2) is 5.69 Å². The number of aryl methyl sites for hydroxylation is 1. The number of azo groups is 1. The average Bonchev–Trinajstić information content (AvgIpc) is 2.33. The molecule has 0 radical (unpaired) electrons. The second-order valence-corrected chi connectivity index (χ2v) is 4.07. The molecule has 0 aromatic heterocycles. The smallest absolute Gasteiger partial charge is 0.244 e. The highest BCUT2D eigenvalue weighted by molar-refractivity contribution is 6.32. The number of halogens is 1. The van der Waals surface area contributed by atoms with E-state index in [-0.39, 0.29) is 0 Å². The van der Waals surface area contributed by atoms with Gasteiger partial charge < -0.3 is 5.21 Å². The van der Waals surface area contributed by atoms with Crippen LogP contribution in [0.5, 0.6) is 0 Å². The molecule has 3 nitrogen and oxygen atoms in total. The molecule has 0 bridgehead atoms. The molecule has 0 N–H and O–H groups in total. The third-order valence-electron chi connectivity index (χ3n) is 2.31. The number of hydrogen-bond donors (Lipinski definition) is 0. The zero-order chi connectivity index (χ0) is 12.3. The fraction of sp³-hybridized carbons (Fsp3) is 0.0769. The average molecular weight is 247 g/mol. The maximum Gasteiger partial charge on any atom is 0.244 e. The maximum absolute atomic E-state index is 11.8. The molecule has 0 atom stereocenters. The molecule has 0 fully saturated rings. The van der Waals surface area contributed by atoms with Crippen molar-refractivity contribution in [3.05, 3.63) is 64.3 Å². The molecule has 0 unspecified atom stereocenters. The number of benzene rings is 2. The Hall–Kier alpha value is -1.87. The van der Waals surface area contributed by atoms with Crippen molar-refractivity contribution in [2.24, 2.45) is 5.11 Å². The van der Waals surface area contributed by atoms with Crippen molar-refractivity contribution in [3.8, 4) is 0 Å². The minimum atomic E-state index is 0.459. The summed E-state index contributed by atoms with van der Waals surface area (Å²) in [6.07, 6.45) is 0. The third-order valence-corrected chi connectivity index (χ3v) is 2.63. The number of nitrogens with zero attached hydrogens (tertiary/aromatic N) is 2. The molecule has 2 aromatic carbocycles. The lowest BCUT2D eigenvalue weighted by Crippen LogP contribution is -1.90. The molecule has 2 aromatic rings. The highest BCUT2D eigenvalue weighted by Crippen LogP contribution is 2.25. The van der Waals surface area contributed by atoms with E-state index in [1.54, 1.807) is 36.4 Å². The molecule has 0 saturated carbocycles. The molecule has 0 aliphatic carbocycles. The van der Waals surface area contributed by atoms with Crippen molar-refractivity contribution in [1.82, 2.24) is 0 Å². The monoisotopic (exact) mass is 246 g/mol. The molecule has 17 heavy (non-hydrogen) atoms. The van der Waals surface area contributed by atoms with Gasteiger partial charge in [-0.15, -0.1) is 0 Å². The summed E-state index contributed by atoms with van der Waals surface area (Å²) in [5, 5.41) is 16.1. The van der Waals surface area contributed by atoms with E-state index in [4.69, 9.17) is 11.6 Å². The Bertz CT molecular complexity index is 550. The van der Waals surface area contributed by atoms with Gasteiger partial charge in [-0.25, -0.2) is 0 Å². The minimum absolute atomic E-state index is 0.459. The molecular weight excluding hydrogens is 236 g/mol. The lowest BCUT2D eigenvalue weighted by Gasteiger charge is -2.00. The van der Waals surface area contributed by atoms with Crippen molar-refractivity contribution < 1.29 is 4.86 Å². The Morgan fingerprint density at radius 2 is 1.71 bits per heavy atom. The number of rotatable bonds is 2. The van der Waals surface area contributed by atoms with Crippen molar-refractivity contribution >= 4 is 23.0 Å². The van der Waals surface area contributed by atoms with Gasteiger partial charge in [-0.1, -0.05) is 46.3 Å². The van der Waals surface area contributed by atoms with Gasteiger partial charge in [-0.3, -0.25) is 0 Å². The first-order chi connectivity index (χ1) is 8.16. The molecule has 0 aliphatic rings. The Morgan fingerprint density at radius 3 is 2.35 bits per heavy atom. The first-order valence-electron chi connectivity index (χ1n) is 5.17. The van der Waals surface area contributed by atoms with Crippen LogP contribution < -0.4 is 0 Å². The Labute approximate surface area is 105 Å². The summed E-state index contributed by atoms with van der Waals surface area (Å²) in [5.41, 5.74) is 2.04. The van der Waals surface area contributed by atoms with E-state index in [2.05, 4.69) is 5.11 Å². The summed E-state index contributed by atoms with van der Waals surface area (Å²) in [4.78, 5) is 0.570. The van der Waals surface area contributed by atoms with Gasteiger partial charge in [0.1, 0.15) is 0 Å². The largest absolute Gasteiger partial charge is 0.594 e. The van der Waals surface area contributed by atoms with Gasteiger partial charge in [0, 0.05) is 17.2 Å². The summed E-state index contributed by atoms with van der Waals surface area (Å²) < 4.78 is 0.